The third-order valence-electron chi connectivity index (χ3n) is 3.77. The molecule has 1 aromatic carbocycles. The Morgan fingerprint density at radius 3 is 2.12 bits per heavy atom. The number of rotatable bonds is 11. The summed E-state index contributed by atoms with van der Waals surface area (Å²) >= 11 is 0. The quantitative estimate of drug-likeness (QED) is 0.606. The highest BCUT2D eigenvalue weighted by molar-refractivity contribution is 5.77. The van der Waals surface area contributed by atoms with Crippen LogP contribution in [0.3, 0.4) is 0 Å². The van der Waals surface area contributed by atoms with Crippen molar-refractivity contribution in [3.63, 3.8) is 0 Å². The maximum absolute atomic E-state index is 12.1. The van der Waals surface area contributed by atoms with Gasteiger partial charge in [0, 0.05) is 5.92 Å². The highest BCUT2D eigenvalue weighted by atomic mass is 16.6. The Labute approximate surface area is 155 Å². The Bertz CT molecular complexity index is 542. The molecule has 1 aromatic rings. The van der Waals surface area contributed by atoms with E-state index in [1.807, 2.05) is 44.2 Å². The summed E-state index contributed by atoms with van der Waals surface area (Å²) in [6.07, 6.45) is -0.870. The molecule has 0 radical (unpaired) electrons. The minimum absolute atomic E-state index is 0.00709. The lowest BCUT2D eigenvalue weighted by Crippen LogP contribution is -2.27. The lowest BCUT2D eigenvalue weighted by atomic mass is 10.0. The summed E-state index contributed by atoms with van der Waals surface area (Å²) in [6, 6.07) is 9.47. The smallest absolute Gasteiger partial charge is 0.313 e. The van der Waals surface area contributed by atoms with E-state index >= 15 is 0 Å². The highest BCUT2D eigenvalue weighted by Gasteiger charge is 2.18. The molecule has 3 atom stereocenters. The topological polar surface area (TPSA) is 82.1 Å². The van der Waals surface area contributed by atoms with Gasteiger partial charge in [-0.15, -0.1) is 0 Å². The molecule has 6 nitrogen and oxygen atoms in total. The number of carbonyl (C=O) groups is 2. The summed E-state index contributed by atoms with van der Waals surface area (Å²) in [5.41, 5.74) is 0.917. The van der Waals surface area contributed by atoms with Crippen molar-refractivity contribution in [2.24, 2.45) is 11.8 Å². The van der Waals surface area contributed by atoms with Crippen LogP contribution in [0.15, 0.2) is 30.3 Å². The Morgan fingerprint density at radius 1 is 0.885 bits per heavy atom. The van der Waals surface area contributed by atoms with Crippen molar-refractivity contribution in [3.8, 4) is 0 Å². The van der Waals surface area contributed by atoms with E-state index in [9.17, 15) is 14.7 Å². The zero-order valence-corrected chi connectivity index (χ0v) is 16.0. The van der Waals surface area contributed by atoms with E-state index in [-0.39, 0.29) is 49.5 Å². The molecule has 0 aliphatic heterocycles. The van der Waals surface area contributed by atoms with Gasteiger partial charge in [0.1, 0.15) is 12.7 Å². The summed E-state index contributed by atoms with van der Waals surface area (Å²) in [6.45, 7) is 7.72. The summed E-state index contributed by atoms with van der Waals surface area (Å²) in [7, 11) is 0. The first kappa shape index (κ1) is 22.1. The van der Waals surface area contributed by atoms with Crippen LogP contribution in [0.2, 0.25) is 0 Å². The van der Waals surface area contributed by atoms with Gasteiger partial charge >= 0.3 is 11.9 Å². The van der Waals surface area contributed by atoms with Crippen molar-refractivity contribution in [3.05, 3.63) is 35.9 Å². The molecule has 0 heterocycles. The van der Waals surface area contributed by atoms with Gasteiger partial charge < -0.3 is 19.3 Å². The van der Waals surface area contributed by atoms with Crippen molar-refractivity contribution in [1.29, 1.82) is 0 Å². The van der Waals surface area contributed by atoms with Crippen molar-refractivity contribution in [2.45, 2.75) is 39.7 Å². The molecule has 0 bridgehead atoms. The zero-order valence-electron chi connectivity index (χ0n) is 16.0. The fourth-order valence-corrected chi connectivity index (χ4v) is 2.07. The van der Waals surface area contributed by atoms with Crippen LogP contribution in [0.1, 0.15) is 39.2 Å². The summed E-state index contributed by atoms with van der Waals surface area (Å²) in [5.74, 6) is -1.18. The summed E-state index contributed by atoms with van der Waals surface area (Å²) < 4.78 is 15.7. The molecule has 146 valence electrons. The maximum atomic E-state index is 12.1. The maximum Gasteiger partial charge on any atom is 0.313 e. The van der Waals surface area contributed by atoms with Crippen molar-refractivity contribution < 1.29 is 28.9 Å². The molecule has 0 amide bonds. The first-order valence-corrected chi connectivity index (χ1v) is 8.95. The first-order valence-electron chi connectivity index (χ1n) is 8.95. The number of ether oxygens (including phenoxy) is 3. The predicted octanol–water partition coefficient (Wildman–Crippen LogP) is 2.55. The lowest BCUT2D eigenvalue weighted by molar-refractivity contribution is -0.151. The molecule has 0 aliphatic rings. The van der Waals surface area contributed by atoms with Crippen LogP contribution >= 0.6 is 0 Å². The second kappa shape index (κ2) is 11.6. The molecule has 1 N–H and O–H groups in total. The fraction of sp³-hybridized carbons (Fsp3) is 0.600. The Balaban J connectivity index is 2.19. The van der Waals surface area contributed by atoms with Crippen LogP contribution in [-0.2, 0) is 23.8 Å². The van der Waals surface area contributed by atoms with Crippen LogP contribution < -0.4 is 0 Å². The van der Waals surface area contributed by atoms with E-state index in [4.69, 9.17) is 14.2 Å². The highest BCUT2D eigenvalue weighted by Crippen LogP contribution is 2.16. The lowest BCUT2D eigenvalue weighted by Gasteiger charge is -2.17. The SMILES string of the molecule is CC(COCC(O)COC(=O)C(C)C)COC(=O)C(C)c1ccccc1. The summed E-state index contributed by atoms with van der Waals surface area (Å²) in [5, 5.41) is 9.72. The van der Waals surface area contributed by atoms with E-state index in [2.05, 4.69) is 0 Å². The van der Waals surface area contributed by atoms with Gasteiger partial charge in [0.15, 0.2) is 0 Å². The second-order valence-corrected chi connectivity index (χ2v) is 6.84. The van der Waals surface area contributed by atoms with Crippen LogP contribution in [-0.4, -0.2) is 49.6 Å². The largest absolute Gasteiger partial charge is 0.465 e. The number of esters is 2. The minimum atomic E-state index is -0.870. The molecular weight excluding hydrogens is 336 g/mol. The van der Waals surface area contributed by atoms with Gasteiger partial charge in [0.05, 0.1) is 31.7 Å². The standard InChI is InChI=1S/C20H30O6/c1-14(2)19(22)26-13-18(21)12-24-10-15(3)11-25-20(23)16(4)17-8-6-5-7-9-17/h5-9,14-16,18,21H,10-13H2,1-4H3. The van der Waals surface area contributed by atoms with Crippen LogP contribution in [0, 0.1) is 11.8 Å². The number of benzene rings is 1. The van der Waals surface area contributed by atoms with E-state index in [1.54, 1.807) is 13.8 Å². The third-order valence-corrected chi connectivity index (χ3v) is 3.77. The van der Waals surface area contributed by atoms with Gasteiger partial charge in [-0.3, -0.25) is 9.59 Å². The average Bonchev–Trinajstić information content (AvgIpc) is 2.64. The number of aliphatic hydroxyl groups excluding tert-OH is 1. The second-order valence-electron chi connectivity index (χ2n) is 6.84. The number of aliphatic hydroxyl groups is 1. The molecule has 0 saturated carbocycles. The van der Waals surface area contributed by atoms with Crippen LogP contribution in [0.25, 0.3) is 0 Å². The molecule has 0 aromatic heterocycles. The molecule has 6 heteroatoms. The van der Waals surface area contributed by atoms with Crippen molar-refractivity contribution in [2.75, 3.05) is 26.4 Å². The Morgan fingerprint density at radius 2 is 1.50 bits per heavy atom. The van der Waals surface area contributed by atoms with Crippen LogP contribution in [0.4, 0.5) is 0 Å². The van der Waals surface area contributed by atoms with E-state index in [0.29, 0.717) is 6.61 Å². The predicted molar refractivity (Wildman–Crippen MR) is 97.6 cm³/mol. The molecule has 0 fully saturated rings. The average molecular weight is 366 g/mol. The molecule has 0 spiro atoms. The molecule has 1 rings (SSSR count). The normalized spacial score (nSPS) is 14.5. The zero-order chi connectivity index (χ0) is 19.5. The number of hydrogen-bond donors (Lipinski definition) is 1. The van der Waals surface area contributed by atoms with Gasteiger partial charge in [-0.2, -0.15) is 0 Å². The molecule has 3 unspecified atom stereocenters. The van der Waals surface area contributed by atoms with Gasteiger partial charge in [0.2, 0.25) is 0 Å². The summed E-state index contributed by atoms with van der Waals surface area (Å²) in [4.78, 5) is 23.4. The molecule has 26 heavy (non-hydrogen) atoms. The van der Waals surface area contributed by atoms with Crippen LogP contribution in [0.5, 0.6) is 0 Å². The van der Waals surface area contributed by atoms with Crippen molar-refractivity contribution >= 4 is 11.9 Å². The van der Waals surface area contributed by atoms with Gasteiger partial charge in [-0.1, -0.05) is 51.1 Å². The van der Waals surface area contributed by atoms with E-state index in [1.165, 1.54) is 0 Å². The van der Waals surface area contributed by atoms with Gasteiger partial charge in [0.25, 0.3) is 0 Å². The van der Waals surface area contributed by atoms with Gasteiger partial charge in [-0.25, -0.2) is 0 Å². The Hall–Kier alpha value is -1.92. The molecule has 0 aliphatic carbocycles. The Kier molecular flexibility index (Phi) is 9.91. The van der Waals surface area contributed by atoms with Gasteiger partial charge in [-0.05, 0) is 12.5 Å². The van der Waals surface area contributed by atoms with E-state index in [0.717, 1.165) is 5.56 Å². The minimum Gasteiger partial charge on any atom is -0.465 e. The first-order chi connectivity index (χ1) is 12.3. The third kappa shape index (κ3) is 8.45. The van der Waals surface area contributed by atoms with E-state index < -0.39 is 6.10 Å². The fourth-order valence-electron chi connectivity index (χ4n) is 2.07. The van der Waals surface area contributed by atoms with Crippen molar-refractivity contribution in [1.82, 2.24) is 0 Å². The molecular formula is C20H30O6. The number of hydrogen-bond acceptors (Lipinski definition) is 6. The number of carbonyl (C=O) groups excluding carboxylic acids is 2. The molecule has 0 saturated heterocycles. The monoisotopic (exact) mass is 366 g/mol.